The first kappa shape index (κ1) is 21.8. The minimum absolute atomic E-state index is 0.127. The molecule has 1 fully saturated rings. The molecule has 2 aromatic carbocycles. The lowest BCUT2D eigenvalue weighted by Crippen LogP contribution is -2.40. The molecule has 1 aliphatic heterocycles. The number of halogens is 1. The van der Waals surface area contributed by atoms with Gasteiger partial charge in [0.15, 0.2) is 0 Å². The van der Waals surface area contributed by atoms with Crippen molar-refractivity contribution < 1.29 is 13.2 Å². The Bertz CT molecular complexity index is 1120. The zero-order valence-corrected chi connectivity index (χ0v) is 19.0. The number of unbranched alkanes of at least 4 members (excludes halogenated alkanes) is 1. The highest BCUT2D eigenvalue weighted by atomic mass is 35.5. The van der Waals surface area contributed by atoms with Crippen LogP contribution in [-0.4, -0.2) is 26.7 Å². The SMILES string of the molecule is CCCCN1C(C2CCCC2)=NS(=O)(=O)c2cc(NC(=O)c3ccccc3Cl)ccc21. The number of anilines is 2. The van der Waals surface area contributed by atoms with E-state index in [1.54, 1.807) is 36.4 Å². The second kappa shape index (κ2) is 9.01. The summed E-state index contributed by atoms with van der Waals surface area (Å²) >= 11 is 6.11. The fraction of sp³-hybridized carbons (Fsp3) is 0.391. The Balaban J connectivity index is 1.69. The van der Waals surface area contributed by atoms with E-state index in [4.69, 9.17) is 11.6 Å². The molecule has 0 aromatic heterocycles. The van der Waals surface area contributed by atoms with Crippen LogP contribution >= 0.6 is 11.6 Å². The van der Waals surface area contributed by atoms with Crippen molar-refractivity contribution >= 4 is 44.7 Å². The van der Waals surface area contributed by atoms with Gasteiger partial charge in [0.2, 0.25) is 0 Å². The molecule has 2 aliphatic rings. The van der Waals surface area contributed by atoms with Crippen LogP contribution in [-0.2, 0) is 10.0 Å². The van der Waals surface area contributed by atoms with E-state index < -0.39 is 15.9 Å². The number of amidine groups is 1. The number of nitrogens with zero attached hydrogens (tertiary/aromatic N) is 2. The topological polar surface area (TPSA) is 78.8 Å². The number of amides is 1. The summed E-state index contributed by atoms with van der Waals surface area (Å²) in [6.07, 6.45) is 6.09. The molecular formula is C23H26ClN3O3S. The van der Waals surface area contributed by atoms with E-state index in [1.807, 2.05) is 0 Å². The molecule has 2 aromatic rings. The molecule has 0 spiro atoms. The molecule has 4 rings (SSSR count). The van der Waals surface area contributed by atoms with Crippen molar-refractivity contribution in [3.8, 4) is 0 Å². The molecule has 0 atom stereocenters. The first-order valence-electron chi connectivity index (χ1n) is 10.7. The first-order chi connectivity index (χ1) is 14.9. The summed E-state index contributed by atoms with van der Waals surface area (Å²) in [5.41, 5.74) is 1.36. The molecule has 6 nitrogen and oxygen atoms in total. The summed E-state index contributed by atoms with van der Waals surface area (Å²) < 4.78 is 30.4. The lowest BCUT2D eigenvalue weighted by Gasteiger charge is -2.33. The van der Waals surface area contributed by atoms with Crippen LogP contribution in [0.15, 0.2) is 51.8 Å². The van der Waals surface area contributed by atoms with E-state index in [2.05, 4.69) is 21.5 Å². The van der Waals surface area contributed by atoms with Crippen LogP contribution < -0.4 is 10.2 Å². The number of hydrogen-bond acceptors (Lipinski definition) is 4. The zero-order chi connectivity index (χ0) is 22.0. The Morgan fingerprint density at radius 1 is 1.19 bits per heavy atom. The van der Waals surface area contributed by atoms with Gasteiger partial charge in [-0.2, -0.15) is 8.42 Å². The molecule has 1 saturated carbocycles. The standard InChI is InChI=1S/C23H26ClN3O3S/c1-2-3-14-27-20-13-12-17(25-23(28)18-10-6-7-11-19(18)24)15-21(20)31(29,30)26-22(27)16-8-4-5-9-16/h6-7,10-13,15-16H,2-5,8-9,14H2,1H3,(H,25,28). The maximum atomic E-state index is 13.1. The fourth-order valence-corrected chi connectivity index (χ4v) is 5.77. The number of sulfonamides is 1. The van der Waals surface area contributed by atoms with Gasteiger partial charge in [-0.1, -0.05) is 49.9 Å². The van der Waals surface area contributed by atoms with E-state index in [0.29, 0.717) is 27.8 Å². The normalized spacial score (nSPS) is 17.9. The third-order valence-corrected chi connectivity index (χ3v) is 7.49. The van der Waals surface area contributed by atoms with Crippen molar-refractivity contribution in [2.24, 2.45) is 10.3 Å². The van der Waals surface area contributed by atoms with Gasteiger partial charge in [0.05, 0.1) is 16.3 Å². The van der Waals surface area contributed by atoms with Crippen molar-refractivity contribution in [1.29, 1.82) is 0 Å². The smallest absolute Gasteiger partial charge is 0.286 e. The Morgan fingerprint density at radius 2 is 1.94 bits per heavy atom. The summed E-state index contributed by atoms with van der Waals surface area (Å²) in [6.45, 7) is 2.83. The van der Waals surface area contributed by atoms with Crippen LogP contribution in [0.5, 0.6) is 0 Å². The van der Waals surface area contributed by atoms with Gasteiger partial charge in [0, 0.05) is 18.2 Å². The summed E-state index contributed by atoms with van der Waals surface area (Å²) in [7, 11) is -3.85. The Hall–Kier alpha value is -2.38. The third-order valence-electron chi connectivity index (χ3n) is 5.85. The largest absolute Gasteiger partial charge is 0.328 e. The van der Waals surface area contributed by atoms with Crippen LogP contribution in [0.2, 0.25) is 5.02 Å². The monoisotopic (exact) mass is 459 g/mol. The van der Waals surface area contributed by atoms with E-state index in [-0.39, 0.29) is 10.8 Å². The molecule has 1 aliphatic carbocycles. The maximum absolute atomic E-state index is 13.1. The zero-order valence-electron chi connectivity index (χ0n) is 17.5. The predicted octanol–water partition coefficient (Wildman–Crippen LogP) is 5.49. The lowest BCUT2D eigenvalue weighted by atomic mass is 10.0. The summed E-state index contributed by atoms with van der Waals surface area (Å²) in [5, 5.41) is 3.09. The van der Waals surface area contributed by atoms with Crippen LogP contribution in [0.4, 0.5) is 11.4 Å². The Labute approximate surface area is 188 Å². The number of nitrogens with one attached hydrogen (secondary N) is 1. The van der Waals surface area contributed by atoms with Gasteiger partial charge in [-0.15, -0.1) is 4.40 Å². The number of rotatable bonds is 6. The summed E-state index contributed by atoms with van der Waals surface area (Å²) in [6, 6.07) is 11.7. The van der Waals surface area contributed by atoms with E-state index >= 15 is 0 Å². The minimum Gasteiger partial charge on any atom is -0.328 e. The highest BCUT2D eigenvalue weighted by Gasteiger charge is 2.35. The summed E-state index contributed by atoms with van der Waals surface area (Å²) in [4.78, 5) is 14.8. The Kier molecular flexibility index (Phi) is 6.34. The highest BCUT2D eigenvalue weighted by molar-refractivity contribution is 7.90. The number of benzene rings is 2. The van der Waals surface area contributed by atoms with Gasteiger partial charge in [-0.3, -0.25) is 4.79 Å². The van der Waals surface area contributed by atoms with Gasteiger partial charge in [-0.05, 0) is 49.6 Å². The molecule has 1 N–H and O–H groups in total. The molecule has 1 heterocycles. The van der Waals surface area contributed by atoms with Crippen molar-refractivity contribution in [2.45, 2.75) is 50.3 Å². The van der Waals surface area contributed by atoms with E-state index in [1.165, 1.54) is 6.07 Å². The van der Waals surface area contributed by atoms with Crippen molar-refractivity contribution in [3.05, 3.63) is 53.1 Å². The van der Waals surface area contributed by atoms with Gasteiger partial charge >= 0.3 is 0 Å². The maximum Gasteiger partial charge on any atom is 0.286 e. The molecule has 0 radical (unpaired) electrons. The molecule has 164 valence electrons. The molecule has 1 amide bonds. The van der Waals surface area contributed by atoms with Gasteiger partial charge < -0.3 is 10.2 Å². The van der Waals surface area contributed by atoms with Gasteiger partial charge in [0.1, 0.15) is 10.7 Å². The van der Waals surface area contributed by atoms with Crippen LogP contribution in [0.3, 0.4) is 0 Å². The van der Waals surface area contributed by atoms with E-state index in [9.17, 15) is 13.2 Å². The molecule has 8 heteroatoms. The van der Waals surface area contributed by atoms with Gasteiger partial charge in [-0.25, -0.2) is 0 Å². The van der Waals surface area contributed by atoms with Crippen LogP contribution in [0, 0.1) is 5.92 Å². The first-order valence-corrected chi connectivity index (χ1v) is 12.5. The van der Waals surface area contributed by atoms with Gasteiger partial charge in [0.25, 0.3) is 15.9 Å². The van der Waals surface area contributed by atoms with Crippen LogP contribution in [0.1, 0.15) is 55.8 Å². The lowest BCUT2D eigenvalue weighted by molar-refractivity contribution is 0.102. The number of fused-ring (bicyclic) bond motifs is 1. The minimum atomic E-state index is -3.85. The average molecular weight is 460 g/mol. The molecule has 31 heavy (non-hydrogen) atoms. The van der Waals surface area contributed by atoms with E-state index in [0.717, 1.165) is 45.1 Å². The fourth-order valence-electron chi connectivity index (χ4n) is 4.24. The number of carbonyl (C=O) groups is 1. The Morgan fingerprint density at radius 3 is 2.65 bits per heavy atom. The van der Waals surface area contributed by atoms with Crippen molar-refractivity contribution in [2.75, 3.05) is 16.8 Å². The highest BCUT2D eigenvalue weighted by Crippen LogP contribution is 2.38. The van der Waals surface area contributed by atoms with Crippen LogP contribution in [0.25, 0.3) is 0 Å². The molecular weight excluding hydrogens is 434 g/mol. The van der Waals surface area contributed by atoms with Crippen molar-refractivity contribution in [3.63, 3.8) is 0 Å². The predicted molar refractivity (Wildman–Crippen MR) is 125 cm³/mol. The summed E-state index contributed by atoms with van der Waals surface area (Å²) in [5.74, 6) is 0.461. The second-order valence-electron chi connectivity index (χ2n) is 8.03. The average Bonchev–Trinajstić information content (AvgIpc) is 3.28. The third kappa shape index (κ3) is 4.48. The van der Waals surface area contributed by atoms with Crippen molar-refractivity contribution in [1.82, 2.24) is 0 Å². The quantitative estimate of drug-likeness (QED) is 0.619. The number of carbonyl (C=O) groups excluding carboxylic acids is 1. The molecule has 0 saturated heterocycles. The molecule has 0 unspecified atom stereocenters. The second-order valence-corrected chi connectivity index (χ2v) is 10.0. The molecule has 0 bridgehead atoms. The number of hydrogen-bond donors (Lipinski definition) is 1.